The van der Waals surface area contributed by atoms with Crippen LogP contribution in [0.15, 0.2) is 75.9 Å². The molecule has 6 nitrogen and oxygen atoms in total. The number of nitrogens with zero attached hydrogens (tertiary/aromatic N) is 1. The van der Waals surface area contributed by atoms with Gasteiger partial charge in [0, 0.05) is 10.7 Å². The van der Waals surface area contributed by atoms with E-state index in [1.54, 1.807) is 53.4 Å². The van der Waals surface area contributed by atoms with Crippen molar-refractivity contribution < 1.29 is 18.7 Å². The van der Waals surface area contributed by atoms with E-state index < -0.39 is 11.9 Å². The van der Waals surface area contributed by atoms with Gasteiger partial charge in [-0.3, -0.25) is 14.5 Å². The Bertz CT molecular complexity index is 1510. The second-order valence-electron chi connectivity index (χ2n) is 8.92. The van der Waals surface area contributed by atoms with Crippen LogP contribution in [0.1, 0.15) is 60.8 Å². The maximum atomic E-state index is 13.8. The molecule has 0 radical (unpaired) electrons. The molecule has 5 rings (SSSR count). The summed E-state index contributed by atoms with van der Waals surface area (Å²) in [6.07, 6.45) is 3.14. The molecule has 7 heteroatoms. The number of amides is 1. The topological polar surface area (TPSA) is 69.0 Å². The van der Waals surface area contributed by atoms with Gasteiger partial charge in [-0.25, -0.2) is 0 Å². The SMILES string of the molecule is CCCCCOc1ccc(C2c3c(oc4ccccc4c3=O)C(=O)N2c2cccc(Cl)c2)cc1OCC. The molecular formula is C30H28ClNO5. The normalized spacial score (nSPS) is 14.7. The highest BCUT2D eigenvalue weighted by Crippen LogP contribution is 2.43. The van der Waals surface area contributed by atoms with Gasteiger partial charge in [0.15, 0.2) is 16.9 Å². The standard InChI is InChI=1S/C30H28ClNO5/c1-3-5-8-16-36-24-15-14-19(17-25(24)35-4-2)27-26-28(33)22-12-6-7-13-23(22)37-29(26)30(34)32(27)21-11-9-10-20(31)18-21/h6-7,9-15,17-18,27H,3-5,8,16H2,1-2H3. The molecule has 1 amide bonds. The lowest BCUT2D eigenvalue weighted by Crippen LogP contribution is -2.29. The number of halogens is 1. The number of hydrogen-bond acceptors (Lipinski definition) is 5. The molecule has 1 atom stereocenters. The first-order valence-electron chi connectivity index (χ1n) is 12.6. The van der Waals surface area contributed by atoms with Crippen molar-refractivity contribution in [3.8, 4) is 11.5 Å². The molecule has 0 spiro atoms. The van der Waals surface area contributed by atoms with Gasteiger partial charge < -0.3 is 13.9 Å². The molecule has 0 saturated heterocycles. The molecule has 1 aliphatic rings. The van der Waals surface area contributed by atoms with E-state index in [9.17, 15) is 9.59 Å². The van der Waals surface area contributed by atoms with Gasteiger partial charge in [-0.2, -0.15) is 0 Å². The fourth-order valence-electron chi connectivity index (χ4n) is 4.74. The number of carbonyl (C=O) groups is 1. The fourth-order valence-corrected chi connectivity index (χ4v) is 4.93. The Kier molecular flexibility index (Phi) is 7.19. The lowest BCUT2D eigenvalue weighted by atomic mass is 9.97. The molecule has 2 heterocycles. The Morgan fingerprint density at radius 3 is 2.54 bits per heavy atom. The van der Waals surface area contributed by atoms with Crippen molar-refractivity contribution in [2.24, 2.45) is 0 Å². The lowest BCUT2D eigenvalue weighted by Gasteiger charge is -2.26. The summed E-state index contributed by atoms with van der Waals surface area (Å²) in [4.78, 5) is 29.1. The minimum absolute atomic E-state index is 0.0338. The van der Waals surface area contributed by atoms with Gasteiger partial charge >= 0.3 is 0 Å². The van der Waals surface area contributed by atoms with Crippen molar-refractivity contribution in [1.29, 1.82) is 0 Å². The van der Waals surface area contributed by atoms with Crippen molar-refractivity contribution in [1.82, 2.24) is 0 Å². The van der Waals surface area contributed by atoms with Crippen LogP contribution in [0.5, 0.6) is 11.5 Å². The zero-order valence-corrected chi connectivity index (χ0v) is 21.6. The number of carbonyl (C=O) groups excluding carboxylic acids is 1. The Morgan fingerprint density at radius 2 is 1.76 bits per heavy atom. The minimum atomic E-state index is -0.727. The zero-order valence-electron chi connectivity index (χ0n) is 20.8. The predicted molar refractivity (Wildman–Crippen MR) is 145 cm³/mol. The lowest BCUT2D eigenvalue weighted by molar-refractivity contribution is 0.0971. The predicted octanol–water partition coefficient (Wildman–Crippen LogP) is 7.16. The quantitative estimate of drug-likeness (QED) is 0.220. The highest BCUT2D eigenvalue weighted by atomic mass is 35.5. The van der Waals surface area contributed by atoms with E-state index in [0.29, 0.717) is 57.5 Å². The first-order chi connectivity index (χ1) is 18.0. The van der Waals surface area contributed by atoms with Crippen LogP contribution in [0.25, 0.3) is 11.0 Å². The van der Waals surface area contributed by atoms with E-state index in [1.165, 1.54) is 0 Å². The van der Waals surface area contributed by atoms with Gasteiger partial charge in [0.05, 0.1) is 30.2 Å². The van der Waals surface area contributed by atoms with Gasteiger partial charge in [0.1, 0.15) is 5.58 Å². The van der Waals surface area contributed by atoms with E-state index in [-0.39, 0.29) is 11.2 Å². The van der Waals surface area contributed by atoms with E-state index in [0.717, 1.165) is 19.3 Å². The maximum absolute atomic E-state index is 13.8. The molecule has 4 aromatic rings. The number of para-hydroxylation sites is 1. The van der Waals surface area contributed by atoms with Crippen LogP contribution in [0, 0.1) is 0 Å². The monoisotopic (exact) mass is 517 g/mol. The summed E-state index contributed by atoms with van der Waals surface area (Å²) in [5.74, 6) is 0.828. The molecular weight excluding hydrogens is 490 g/mol. The van der Waals surface area contributed by atoms with Crippen molar-refractivity contribution >= 4 is 34.2 Å². The number of benzene rings is 3. The van der Waals surface area contributed by atoms with E-state index in [2.05, 4.69) is 6.92 Å². The van der Waals surface area contributed by atoms with Crippen LogP contribution < -0.4 is 19.8 Å². The van der Waals surface area contributed by atoms with E-state index in [1.807, 2.05) is 25.1 Å². The van der Waals surface area contributed by atoms with Crippen LogP contribution in [0.3, 0.4) is 0 Å². The first kappa shape index (κ1) is 24.9. The summed E-state index contributed by atoms with van der Waals surface area (Å²) in [6, 6.07) is 18.8. The molecule has 0 aliphatic carbocycles. The highest BCUT2D eigenvalue weighted by Gasteiger charge is 2.44. The molecule has 3 aromatic carbocycles. The number of ether oxygens (including phenoxy) is 2. The van der Waals surface area contributed by atoms with Crippen LogP contribution in [-0.4, -0.2) is 19.1 Å². The molecule has 1 aromatic heterocycles. The van der Waals surface area contributed by atoms with Crippen LogP contribution in [0.4, 0.5) is 5.69 Å². The van der Waals surface area contributed by atoms with Crippen LogP contribution >= 0.6 is 11.6 Å². The molecule has 37 heavy (non-hydrogen) atoms. The summed E-state index contributed by atoms with van der Waals surface area (Å²) in [5, 5.41) is 0.906. The van der Waals surface area contributed by atoms with Crippen LogP contribution in [-0.2, 0) is 0 Å². The third-order valence-electron chi connectivity index (χ3n) is 6.45. The first-order valence-corrected chi connectivity index (χ1v) is 13.0. The van der Waals surface area contributed by atoms with Gasteiger partial charge in [-0.15, -0.1) is 0 Å². The van der Waals surface area contributed by atoms with Crippen molar-refractivity contribution in [2.45, 2.75) is 39.2 Å². The Morgan fingerprint density at radius 1 is 0.919 bits per heavy atom. The highest BCUT2D eigenvalue weighted by molar-refractivity contribution is 6.31. The molecule has 0 bridgehead atoms. The van der Waals surface area contributed by atoms with Crippen LogP contribution in [0.2, 0.25) is 5.02 Å². The second kappa shape index (κ2) is 10.7. The Labute approximate surface area is 220 Å². The summed E-state index contributed by atoms with van der Waals surface area (Å²) >= 11 is 6.29. The third-order valence-corrected chi connectivity index (χ3v) is 6.69. The van der Waals surface area contributed by atoms with E-state index >= 15 is 0 Å². The third kappa shape index (κ3) is 4.69. The summed E-state index contributed by atoms with van der Waals surface area (Å²) in [6.45, 7) is 5.08. The molecule has 190 valence electrons. The maximum Gasteiger partial charge on any atom is 0.295 e. The molecule has 0 N–H and O–H groups in total. The van der Waals surface area contributed by atoms with Gasteiger partial charge in [0.2, 0.25) is 5.76 Å². The number of rotatable bonds is 9. The van der Waals surface area contributed by atoms with E-state index in [4.69, 9.17) is 25.5 Å². The Balaban J connectivity index is 1.67. The average molecular weight is 518 g/mol. The largest absolute Gasteiger partial charge is 0.490 e. The summed E-state index contributed by atoms with van der Waals surface area (Å²) < 4.78 is 18.0. The van der Waals surface area contributed by atoms with Gasteiger partial charge in [-0.05, 0) is 61.4 Å². The van der Waals surface area contributed by atoms with Crippen molar-refractivity contribution in [2.75, 3.05) is 18.1 Å². The number of fused-ring (bicyclic) bond motifs is 2. The van der Waals surface area contributed by atoms with Gasteiger partial charge in [0.25, 0.3) is 5.91 Å². The minimum Gasteiger partial charge on any atom is -0.490 e. The second-order valence-corrected chi connectivity index (χ2v) is 9.36. The average Bonchev–Trinajstić information content (AvgIpc) is 3.20. The van der Waals surface area contributed by atoms with Crippen molar-refractivity contribution in [3.63, 3.8) is 0 Å². The number of anilines is 1. The van der Waals surface area contributed by atoms with Gasteiger partial charge in [-0.1, -0.05) is 55.6 Å². The smallest absolute Gasteiger partial charge is 0.295 e. The molecule has 0 fully saturated rings. The number of hydrogen-bond donors (Lipinski definition) is 0. The molecule has 1 aliphatic heterocycles. The van der Waals surface area contributed by atoms with Crippen molar-refractivity contribution in [3.05, 3.63) is 98.9 Å². The zero-order chi connectivity index (χ0) is 25.9. The Hall–Kier alpha value is -3.77. The fraction of sp³-hybridized carbons (Fsp3) is 0.267. The molecule has 0 saturated carbocycles. The summed E-state index contributed by atoms with van der Waals surface area (Å²) in [7, 11) is 0. The summed E-state index contributed by atoms with van der Waals surface area (Å²) in [5.41, 5.74) is 1.70. The number of unbranched alkanes of at least 4 members (excludes halogenated alkanes) is 2. The molecule has 1 unspecified atom stereocenters.